The van der Waals surface area contributed by atoms with Gasteiger partial charge in [0.2, 0.25) is 5.91 Å². The molecular weight excluding hydrogens is 278 g/mol. The van der Waals surface area contributed by atoms with Crippen LogP contribution >= 0.6 is 0 Å². The van der Waals surface area contributed by atoms with Gasteiger partial charge in [-0.25, -0.2) is 0 Å². The Morgan fingerprint density at radius 3 is 2.81 bits per heavy atom. The number of carbonyl (C=O) groups excluding carboxylic acids is 1. The maximum Gasteiger partial charge on any atom is 0.387 e. The summed E-state index contributed by atoms with van der Waals surface area (Å²) < 4.78 is 29.1. The van der Waals surface area contributed by atoms with Crippen LogP contribution in [-0.2, 0) is 11.3 Å². The number of rotatable bonds is 7. The van der Waals surface area contributed by atoms with Crippen molar-refractivity contribution in [3.63, 3.8) is 0 Å². The van der Waals surface area contributed by atoms with Gasteiger partial charge in [-0.2, -0.15) is 8.78 Å². The molecule has 1 aliphatic rings. The number of hydrogen-bond donors (Lipinski definition) is 1. The first-order valence-corrected chi connectivity index (χ1v) is 7.10. The van der Waals surface area contributed by atoms with E-state index in [4.69, 9.17) is 0 Å². The topological polar surface area (TPSA) is 41.6 Å². The second-order valence-electron chi connectivity index (χ2n) is 5.21. The van der Waals surface area contributed by atoms with Gasteiger partial charge in [0.05, 0.1) is 0 Å². The summed E-state index contributed by atoms with van der Waals surface area (Å²) in [6.07, 6.45) is 1.54. The molecule has 21 heavy (non-hydrogen) atoms. The highest BCUT2D eigenvalue weighted by atomic mass is 19.3. The van der Waals surface area contributed by atoms with Gasteiger partial charge in [-0.1, -0.05) is 18.2 Å². The van der Waals surface area contributed by atoms with Gasteiger partial charge in [0.25, 0.3) is 0 Å². The molecule has 1 fully saturated rings. The summed E-state index contributed by atoms with van der Waals surface area (Å²) in [6.45, 7) is 1.01. The molecule has 4 nitrogen and oxygen atoms in total. The summed E-state index contributed by atoms with van der Waals surface area (Å²) in [5, 5.41) is 3.24. The number of amides is 1. The molecule has 1 atom stereocenters. The van der Waals surface area contributed by atoms with Crippen LogP contribution in [0.3, 0.4) is 0 Å². The van der Waals surface area contributed by atoms with Gasteiger partial charge in [-0.15, -0.1) is 0 Å². The molecular formula is C15H20F2N2O2. The largest absolute Gasteiger partial charge is 0.434 e. The third-order valence-corrected chi connectivity index (χ3v) is 3.50. The molecule has 1 amide bonds. The van der Waals surface area contributed by atoms with Gasteiger partial charge in [-0.3, -0.25) is 4.79 Å². The number of halogens is 2. The van der Waals surface area contributed by atoms with Crippen LogP contribution in [0.1, 0.15) is 25.3 Å². The number of nitrogens with one attached hydrogen (secondary N) is 1. The summed E-state index contributed by atoms with van der Waals surface area (Å²) in [7, 11) is 0. The average molecular weight is 298 g/mol. The van der Waals surface area contributed by atoms with Crippen LogP contribution in [-0.4, -0.2) is 36.5 Å². The van der Waals surface area contributed by atoms with E-state index in [1.807, 2.05) is 11.8 Å². The standard InChI is InChI=1S/C15H20F2N2O2/c1-11(10-19-8-4-7-14(19)20)18-9-12-5-2-3-6-13(12)21-15(16)17/h2-3,5-6,11,15,18H,4,7-10H2,1H3. The fourth-order valence-electron chi connectivity index (χ4n) is 2.44. The molecule has 0 spiro atoms. The monoisotopic (exact) mass is 298 g/mol. The summed E-state index contributed by atoms with van der Waals surface area (Å²) in [4.78, 5) is 13.4. The lowest BCUT2D eigenvalue weighted by atomic mass is 10.2. The number of likely N-dealkylation sites (tertiary alicyclic amines) is 1. The van der Waals surface area contributed by atoms with Crippen molar-refractivity contribution in [3.05, 3.63) is 29.8 Å². The van der Waals surface area contributed by atoms with E-state index in [-0.39, 0.29) is 17.7 Å². The Morgan fingerprint density at radius 2 is 2.14 bits per heavy atom. The van der Waals surface area contributed by atoms with E-state index in [9.17, 15) is 13.6 Å². The summed E-state index contributed by atoms with van der Waals surface area (Å²) >= 11 is 0. The molecule has 1 N–H and O–H groups in total. The fraction of sp³-hybridized carbons (Fsp3) is 0.533. The van der Waals surface area contributed by atoms with E-state index in [0.717, 1.165) is 13.0 Å². The predicted octanol–water partition coefficient (Wildman–Crippen LogP) is 2.39. The molecule has 1 saturated heterocycles. The Bertz CT molecular complexity index is 482. The van der Waals surface area contributed by atoms with Crippen LogP contribution in [0.4, 0.5) is 8.78 Å². The minimum absolute atomic E-state index is 0.0895. The minimum Gasteiger partial charge on any atom is -0.434 e. The van der Waals surface area contributed by atoms with Crippen LogP contribution in [0, 0.1) is 0 Å². The second-order valence-corrected chi connectivity index (χ2v) is 5.21. The molecule has 1 aromatic carbocycles. The van der Waals surface area contributed by atoms with Gasteiger partial charge in [-0.05, 0) is 19.4 Å². The lowest BCUT2D eigenvalue weighted by molar-refractivity contribution is -0.127. The van der Waals surface area contributed by atoms with E-state index < -0.39 is 6.61 Å². The smallest absolute Gasteiger partial charge is 0.387 e. The third kappa shape index (κ3) is 4.67. The maximum absolute atomic E-state index is 12.3. The first-order valence-electron chi connectivity index (χ1n) is 7.10. The first kappa shape index (κ1) is 15.7. The number of nitrogens with zero attached hydrogens (tertiary/aromatic N) is 1. The Kier molecular flexibility index (Phi) is 5.50. The SMILES string of the molecule is CC(CN1CCCC1=O)NCc1ccccc1OC(F)F. The number of para-hydroxylation sites is 1. The number of hydrogen-bond acceptors (Lipinski definition) is 3. The predicted molar refractivity (Wildman–Crippen MR) is 75.2 cm³/mol. The first-order chi connectivity index (χ1) is 10.1. The number of carbonyl (C=O) groups is 1. The summed E-state index contributed by atoms with van der Waals surface area (Å²) in [6, 6.07) is 6.81. The van der Waals surface area contributed by atoms with E-state index in [1.165, 1.54) is 6.07 Å². The molecule has 6 heteroatoms. The van der Waals surface area contributed by atoms with Crippen molar-refractivity contribution in [1.29, 1.82) is 0 Å². The van der Waals surface area contributed by atoms with Gasteiger partial charge >= 0.3 is 6.61 Å². The van der Waals surface area contributed by atoms with E-state index in [2.05, 4.69) is 10.1 Å². The molecule has 1 aromatic rings. The van der Waals surface area contributed by atoms with Gasteiger partial charge in [0.15, 0.2) is 0 Å². The zero-order valence-corrected chi connectivity index (χ0v) is 12.0. The quantitative estimate of drug-likeness (QED) is 0.840. The molecule has 0 aromatic heterocycles. The summed E-state index contributed by atoms with van der Waals surface area (Å²) in [5.41, 5.74) is 0.678. The number of ether oxygens (including phenoxy) is 1. The lowest BCUT2D eigenvalue weighted by Crippen LogP contribution is -2.39. The molecule has 2 rings (SSSR count). The van der Waals surface area contributed by atoms with Crippen LogP contribution in [0.5, 0.6) is 5.75 Å². The minimum atomic E-state index is -2.83. The fourth-order valence-corrected chi connectivity index (χ4v) is 2.44. The normalized spacial score (nSPS) is 16.6. The molecule has 0 saturated carbocycles. The maximum atomic E-state index is 12.3. The van der Waals surface area contributed by atoms with E-state index in [1.54, 1.807) is 18.2 Å². The van der Waals surface area contributed by atoms with Crippen molar-refractivity contribution >= 4 is 5.91 Å². The zero-order chi connectivity index (χ0) is 15.2. The molecule has 116 valence electrons. The van der Waals surface area contributed by atoms with Crippen molar-refractivity contribution in [2.75, 3.05) is 13.1 Å². The molecule has 1 aliphatic heterocycles. The van der Waals surface area contributed by atoms with Crippen LogP contribution < -0.4 is 10.1 Å². The van der Waals surface area contributed by atoms with Gasteiger partial charge in [0.1, 0.15) is 5.75 Å². The molecule has 0 radical (unpaired) electrons. The van der Waals surface area contributed by atoms with Crippen molar-refractivity contribution in [1.82, 2.24) is 10.2 Å². The average Bonchev–Trinajstić information content (AvgIpc) is 2.83. The van der Waals surface area contributed by atoms with Crippen LogP contribution in [0.15, 0.2) is 24.3 Å². The van der Waals surface area contributed by atoms with Crippen molar-refractivity contribution in [3.8, 4) is 5.75 Å². The van der Waals surface area contributed by atoms with E-state index in [0.29, 0.717) is 25.1 Å². The highest BCUT2D eigenvalue weighted by molar-refractivity contribution is 5.78. The number of alkyl halides is 2. The zero-order valence-electron chi connectivity index (χ0n) is 12.0. The molecule has 1 unspecified atom stereocenters. The van der Waals surface area contributed by atoms with E-state index >= 15 is 0 Å². The Hall–Kier alpha value is -1.69. The second kappa shape index (κ2) is 7.36. The Balaban J connectivity index is 1.86. The molecule has 0 bridgehead atoms. The Labute approximate surface area is 123 Å². The van der Waals surface area contributed by atoms with Crippen LogP contribution in [0.25, 0.3) is 0 Å². The lowest BCUT2D eigenvalue weighted by Gasteiger charge is -2.22. The van der Waals surface area contributed by atoms with Crippen molar-refractivity contribution in [2.24, 2.45) is 0 Å². The van der Waals surface area contributed by atoms with Gasteiger partial charge in [0, 0.05) is 37.7 Å². The Morgan fingerprint density at radius 1 is 1.38 bits per heavy atom. The van der Waals surface area contributed by atoms with Crippen molar-refractivity contribution in [2.45, 2.75) is 39.0 Å². The summed E-state index contributed by atoms with van der Waals surface area (Å²) in [5.74, 6) is 0.370. The highest BCUT2D eigenvalue weighted by Crippen LogP contribution is 2.20. The van der Waals surface area contributed by atoms with Gasteiger partial charge < -0.3 is 15.0 Å². The van der Waals surface area contributed by atoms with Crippen molar-refractivity contribution < 1.29 is 18.3 Å². The molecule has 0 aliphatic carbocycles. The number of benzene rings is 1. The highest BCUT2D eigenvalue weighted by Gasteiger charge is 2.21. The molecule has 1 heterocycles. The van der Waals surface area contributed by atoms with Crippen LogP contribution in [0.2, 0.25) is 0 Å². The third-order valence-electron chi connectivity index (χ3n) is 3.50.